The van der Waals surface area contributed by atoms with Crippen LogP contribution in [0.3, 0.4) is 0 Å². The molecule has 1 aliphatic heterocycles. The maximum Gasteiger partial charge on any atom is 1.00 e. The van der Waals surface area contributed by atoms with Crippen LogP contribution in [0.2, 0.25) is 0 Å². The molecule has 6 heteroatoms. The molecule has 0 unspecified atom stereocenters. The molecule has 0 radical (unpaired) electrons. The van der Waals surface area contributed by atoms with Crippen molar-refractivity contribution in [1.29, 1.82) is 0 Å². The molecule has 2 rings (SSSR count). The van der Waals surface area contributed by atoms with Gasteiger partial charge < -0.3 is 20.0 Å². The molecule has 1 fully saturated rings. The molecule has 0 amide bonds. The molecular weight excluding hydrogens is 269 g/mol. The maximum absolute atomic E-state index is 11.4. The van der Waals surface area contributed by atoms with Crippen molar-refractivity contribution in [1.82, 2.24) is 5.32 Å². The largest absolute Gasteiger partial charge is 1.00 e. The standard InChI is InChI=1S/C14H15NO4.Na/c1-9(11-7-8-19-14(11)18)15-12(13(16)17)10-5-3-2-4-6-10;/h2-6,12,15H,7-8H2,1H3,(H,16,17);/q;+1/p-1/t12-;/m1./s1. The topological polar surface area (TPSA) is 78.5 Å². The van der Waals surface area contributed by atoms with Crippen molar-refractivity contribution < 1.29 is 49.0 Å². The number of hydrogen-bond donors (Lipinski definition) is 1. The van der Waals surface area contributed by atoms with Crippen LogP contribution < -0.4 is 40.0 Å². The molecular formula is C14H14NNaO4. The van der Waals surface area contributed by atoms with Crippen molar-refractivity contribution in [3.05, 3.63) is 47.2 Å². The molecule has 20 heavy (non-hydrogen) atoms. The summed E-state index contributed by atoms with van der Waals surface area (Å²) in [5.41, 5.74) is 1.58. The number of rotatable bonds is 4. The summed E-state index contributed by atoms with van der Waals surface area (Å²) in [7, 11) is 0. The fraction of sp³-hybridized carbons (Fsp3) is 0.286. The Labute approximate surface area is 139 Å². The molecule has 1 N–H and O–H groups in total. The van der Waals surface area contributed by atoms with Crippen molar-refractivity contribution in [2.75, 3.05) is 6.61 Å². The van der Waals surface area contributed by atoms with Gasteiger partial charge in [0.1, 0.15) is 0 Å². The second kappa shape index (κ2) is 7.47. The van der Waals surface area contributed by atoms with Gasteiger partial charge >= 0.3 is 35.5 Å². The van der Waals surface area contributed by atoms with Gasteiger partial charge in [-0.3, -0.25) is 0 Å². The van der Waals surface area contributed by atoms with E-state index in [0.29, 0.717) is 29.9 Å². The summed E-state index contributed by atoms with van der Waals surface area (Å²) in [6.45, 7) is 2.01. The summed E-state index contributed by atoms with van der Waals surface area (Å²) >= 11 is 0. The van der Waals surface area contributed by atoms with Gasteiger partial charge in [-0.1, -0.05) is 30.3 Å². The Hall–Kier alpha value is -1.30. The van der Waals surface area contributed by atoms with Crippen molar-refractivity contribution in [2.24, 2.45) is 0 Å². The second-order valence-corrected chi connectivity index (χ2v) is 4.30. The molecule has 100 valence electrons. The van der Waals surface area contributed by atoms with Gasteiger partial charge in [-0.25, -0.2) is 4.79 Å². The number of aliphatic carboxylic acids is 1. The molecule has 0 saturated carbocycles. The minimum absolute atomic E-state index is 0. The van der Waals surface area contributed by atoms with Gasteiger partial charge in [0.2, 0.25) is 0 Å². The van der Waals surface area contributed by atoms with Gasteiger partial charge in [0.05, 0.1) is 24.2 Å². The summed E-state index contributed by atoms with van der Waals surface area (Å²) in [5.74, 6) is -1.63. The molecule has 0 aromatic heterocycles. The number of allylic oxidation sites excluding steroid dienone is 1. The summed E-state index contributed by atoms with van der Waals surface area (Å²) in [4.78, 5) is 22.6. The Kier molecular flexibility index (Phi) is 6.26. The number of carbonyl (C=O) groups excluding carboxylic acids is 2. The summed E-state index contributed by atoms with van der Waals surface area (Å²) < 4.78 is 4.83. The quantitative estimate of drug-likeness (QED) is 0.369. The molecule has 0 bridgehead atoms. The van der Waals surface area contributed by atoms with E-state index in [4.69, 9.17) is 4.74 Å². The smallest absolute Gasteiger partial charge is 0.548 e. The third-order valence-corrected chi connectivity index (χ3v) is 3.01. The predicted octanol–water partition coefficient (Wildman–Crippen LogP) is -2.71. The summed E-state index contributed by atoms with van der Waals surface area (Å²) in [6, 6.07) is 7.70. The monoisotopic (exact) mass is 283 g/mol. The molecule has 1 aromatic carbocycles. The molecule has 5 nitrogen and oxygen atoms in total. The number of hydrogen-bond acceptors (Lipinski definition) is 5. The summed E-state index contributed by atoms with van der Waals surface area (Å²) in [5, 5.41) is 14.0. The van der Waals surface area contributed by atoms with Crippen molar-refractivity contribution in [3.63, 3.8) is 0 Å². The van der Waals surface area contributed by atoms with Crippen LogP contribution in [0.25, 0.3) is 0 Å². The number of ether oxygens (including phenoxy) is 1. The molecule has 1 heterocycles. The zero-order chi connectivity index (χ0) is 13.8. The molecule has 1 saturated heterocycles. The van der Waals surface area contributed by atoms with Crippen LogP contribution in [0.15, 0.2) is 41.6 Å². The average molecular weight is 283 g/mol. The van der Waals surface area contributed by atoms with Crippen molar-refractivity contribution in [3.8, 4) is 0 Å². The molecule has 1 atom stereocenters. The van der Waals surface area contributed by atoms with E-state index >= 15 is 0 Å². The zero-order valence-electron chi connectivity index (χ0n) is 11.5. The molecule has 0 spiro atoms. The number of carbonyl (C=O) groups is 2. The fourth-order valence-corrected chi connectivity index (χ4v) is 2.00. The normalized spacial score (nSPS) is 17.8. The van der Waals surface area contributed by atoms with Crippen LogP contribution in [0.4, 0.5) is 0 Å². The van der Waals surface area contributed by atoms with Crippen LogP contribution in [0, 0.1) is 0 Å². The Morgan fingerprint density at radius 1 is 1.35 bits per heavy atom. The second-order valence-electron chi connectivity index (χ2n) is 4.30. The van der Waals surface area contributed by atoms with Gasteiger partial charge in [-0.2, -0.15) is 0 Å². The Morgan fingerprint density at radius 3 is 2.50 bits per heavy atom. The van der Waals surface area contributed by atoms with Crippen LogP contribution in [0.1, 0.15) is 24.9 Å². The molecule has 1 aromatic rings. The van der Waals surface area contributed by atoms with Gasteiger partial charge in [0, 0.05) is 12.1 Å². The van der Waals surface area contributed by atoms with E-state index < -0.39 is 18.0 Å². The van der Waals surface area contributed by atoms with E-state index in [1.165, 1.54) is 0 Å². The Balaban J connectivity index is 0.00000200. The van der Waals surface area contributed by atoms with Crippen LogP contribution in [-0.2, 0) is 14.3 Å². The Morgan fingerprint density at radius 2 is 2.00 bits per heavy atom. The predicted molar refractivity (Wildman–Crippen MR) is 65.6 cm³/mol. The first-order chi connectivity index (χ1) is 9.09. The fourth-order valence-electron chi connectivity index (χ4n) is 2.00. The number of cyclic esters (lactones) is 1. The van der Waals surface area contributed by atoms with E-state index in [0.717, 1.165) is 0 Å². The van der Waals surface area contributed by atoms with Crippen molar-refractivity contribution >= 4 is 11.9 Å². The first-order valence-electron chi connectivity index (χ1n) is 5.99. The minimum atomic E-state index is -1.24. The number of esters is 1. The SMILES string of the molecule is CC(N[C@@H](C(=O)[O-])c1ccccc1)=C1CCOC1=O.[Na+]. The first-order valence-corrected chi connectivity index (χ1v) is 5.99. The molecule has 0 aliphatic carbocycles. The number of benzene rings is 1. The number of nitrogens with one attached hydrogen (secondary N) is 1. The van der Waals surface area contributed by atoms with Gasteiger partial charge in [0.15, 0.2) is 0 Å². The first kappa shape index (κ1) is 16.8. The number of carboxylic acid groups (broad SMARTS) is 1. The van der Waals surface area contributed by atoms with Gasteiger partial charge in [0.25, 0.3) is 0 Å². The average Bonchev–Trinajstić information content (AvgIpc) is 2.82. The van der Waals surface area contributed by atoms with E-state index in [9.17, 15) is 14.7 Å². The van der Waals surface area contributed by atoms with Crippen LogP contribution >= 0.6 is 0 Å². The van der Waals surface area contributed by atoms with Crippen LogP contribution in [0.5, 0.6) is 0 Å². The van der Waals surface area contributed by atoms with Crippen LogP contribution in [-0.4, -0.2) is 18.5 Å². The van der Waals surface area contributed by atoms with Crippen molar-refractivity contribution in [2.45, 2.75) is 19.4 Å². The maximum atomic E-state index is 11.4. The zero-order valence-corrected chi connectivity index (χ0v) is 13.5. The third kappa shape index (κ3) is 3.85. The van der Waals surface area contributed by atoms with Gasteiger partial charge in [-0.15, -0.1) is 0 Å². The summed E-state index contributed by atoms with van der Waals surface area (Å²) in [6.07, 6.45) is 0.492. The number of carboxylic acids is 1. The van der Waals surface area contributed by atoms with E-state index in [1.807, 2.05) is 0 Å². The van der Waals surface area contributed by atoms with E-state index in [-0.39, 0.29) is 29.6 Å². The Bertz CT molecular complexity index is 527. The molecule has 1 aliphatic rings. The third-order valence-electron chi connectivity index (χ3n) is 3.01. The van der Waals surface area contributed by atoms with Gasteiger partial charge in [-0.05, 0) is 12.5 Å². The minimum Gasteiger partial charge on any atom is -0.548 e. The van der Waals surface area contributed by atoms with E-state index in [2.05, 4.69) is 5.32 Å². The van der Waals surface area contributed by atoms with E-state index in [1.54, 1.807) is 37.3 Å².